The highest BCUT2D eigenvalue weighted by atomic mass is 79.9. The minimum absolute atomic E-state index is 0.294. The number of benzene rings is 1. The van der Waals surface area contributed by atoms with E-state index in [4.69, 9.17) is 0 Å². The highest BCUT2D eigenvalue weighted by molar-refractivity contribution is 9.10. The minimum Gasteiger partial charge on any atom is -0.378 e. The second-order valence-electron chi connectivity index (χ2n) is 6.10. The van der Waals surface area contributed by atoms with Crippen molar-refractivity contribution in [3.8, 4) is 0 Å². The molecule has 2 N–H and O–H groups in total. The lowest BCUT2D eigenvalue weighted by Crippen LogP contribution is -2.44. The molecule has 6 nitrogen and oxygen atoms in total. The van der Waals surface area contributed by atoms with Gasteiger partial charge in [0, 0.05) is 62.9 Å². The minimum atomic E-state index is -0.294. The molecule has 0 bridgehead atoms. The molecule has 26 heavy (non-hydrogen) atoms. The predicted molar refractivity (Wildman–Crippen MR) is 104 cm³/mol. The third kappa shape index (κ3) is 3.47. The van der Waals surface area contributed by atoms with Crippen molar-refractivity contribution < 1.29 is 4.39 Å². The average Bonchev–Trinajstić information content (AvgIpc) is 2.67. The summed E-state index contributed by atoms with van der Waals surface area (Å²) < 4.78 is 15.3. The molecule has 1 fully saturated rings. The fourth-order valence-electron chi connectivity index (χ4n) is 3.12. The monoisotopic (exact) mass is 416 g/mol. The van der Waals surface area contributed by atoms with Gasteiger partial charge in [-0.15, -0.1) is 0 Å². The molecule has 0 aliphatic carbocycles. The summed E-state index contributed by atoms with van der Waals surface area (Å²) >= 11 is 3.60. The largest absolute Gasteiger partial charge is 0.378 e. The van der Waals surface area contributed by atoms with Crippen LogP contribution in [0.3, 0.4) is 0 Å². The third-order valence-electron chi connectivity index (χ3n) is 4.41. The van der Waals surface area contributed by atoms with Crippen LogP contribution in [-0.2, 0) is 6.54 Å². The van der Waals surface area contributed by atoms with Crippen LogP contribution < -0.4 is 15.5 Å². The number of hydrogen-bond acceptors (Lipinski definition) is 6. The SMILES string of the molecule is Fc1cc2nccnc2cc1CNc1cncc(Br)c1N1CCNCC1. The number of nitrogens with zero attached hydrogens (tertiary/aromatic N) is 4. The van der Waals surface area contributed by atoms with Crippen LogP contribution in [0.2, 0.25) is 0 Å². The number of piperazine rings is 1. The maximum Gasteiger partial charge on any atom is 0.130 e. The first-order valence-corrected chi connectivity index (χ1v) is 9.24. The zero-order valence-electron chi connectivity index (χ0n) is 14.0. The number of aromatic nitrogens is 3. The number of halogens is 2. The zero-order chi connectivity index (χ0) is 17.9. The molecule has 4 rings (SSSR count). The van der Waals surface area contributed by atoms with E-state index < -0.39 is 0 Å². The smallest absolute Gasteiger partial charge is 0.130 e. The van der Waals surface area contributed by atoms with Gasteiger partial charge in [-0.1, -0.05) is 0 Å². The Kier molecular flexibility index (Phi) is 4.94. The van der Waals surface area contributed by atoms with Crippen LogP contribution in [0.4, 0.5) is 15.8 Å². The molecular formula is C18H18BrFN6. The van der Waals surface area contributed by atoms with Crippen LogP contribution in [0.15, 0.2) is 41.4 Å². The molecule has 3 aromatic rings. The Labute approximate surface area is 159 Å². The van der Waals surface area contributed by atoms with Gasteiger partial charge in [-0.2, -0.15) is 0 Å². The highest BCUT2D eigenvalue weighted by Gasteiger charge is 2.18. The van der Waals surface area contributed by atoms with Crippen LogP contribution in [-0.4, -0.2) is 41.1 Å². The summed E-state index contributed by atoms with van der Waals surface area (Å²) in [5, 5.41) is 6.68. The van der Waals surface area contributed by atoms with Gasteiger partial charge < -0.3 is 15.5 Å². The van der Waals surface area contributed by atoms with Crippen LogP contribution >= 0.6 is 15.9 Å². The molecule has 2 aromatic heterocycles. The van der Waals surface area contributed by atoms with Crippen molar-refractivity contribution in [2.45, 2.75) is 6.54 Å². The molecule has 3 heterocycles. The normalized spacial score (nSPS) is 14.6. The molecule has 0 radical (unpaired) electrons. The first kappa shape index (κ1) is 17.1. The van der Waals surface area contributed by atoms with Gasteiger partial charge in [-0.05, 0) is 22.0 Å². The third-order valence-corrected chi connectivity index (χ3v) is 4.99. The van der Waals surface area contributed by atoms with E-state index in [0.717, 1.165) is 42.0 Å². The molecule has 0 atom stereocenters. The van der Waals surface area contributed by atoms with Gasteiger partial charge in [-0.3, -0.25) is 15.0 Å². The Balaban J connectivity index is 1.60. The van der Waals surface area contributed by atoms with E-state index in [1.54, 1.807) is 30.9 Å². The number of pyridine rings is 1. The van der Waals surface area contributed by atoms with E-state index in [1.165, 1.54) is 6.07 Å². The lowest BCUT2D eigenvalue weighted by Gasteiger charge is -2.31. The highest BCUT2D eigenvalue weighted by Crippen LogP contribution is 2.34. The van der Waals surface area contributed by atoms with Crippen molar-refractivity contribution in [2.24, 2.45) is 0 Å². The number of rotatable bonds is 4. The average molecular weight is 417 g/mol. The molecular weight excluding hydrogens is 399 g/mol. The van der Waals surface area contributed by atoms with Gasteiger partial charge in [0.2, 0.25) is 0 Å². The Morgan fingerprint density at radius 3 is 2.62 bits per heavy atom. The summed E-state index contributed by atoms with van der Waals surface area (Å²) in [4.78, 5) is 14.9. The van der Waals surface area contributed by atoms with Gasteiger partial charge in [0.15, 0.2) is 0 Å². The predicted octanol–water partition coefficient (Wildman–Crippen LogP) is 2.95. The van der Waals surface area contributed by atoms with E-state index in [2.05, 4.69) is 46.4 Å². The maximum atomic E-state index is 14.4. The molecule has 134 valence electrons. The lowest BCUT2D eigenvalue weighted by molar-refractivity contribution is 0.588. The number of nitrogens with one attached hydrogen (secondary N) is 2. The van der Waals surface area contributed by atoms with E-state index in [1.807, 2.05) is 0 Å². The van der Waals surface area contributed by atoms with Crippen LogP contribution in [0.5, 0.6) is 0 Å². The molecule has 8 heteroatoms. The summed E-state index contributed by atoms with van der Waals surface area (Å²) in [6.07, 6.45) is 6.74. The van der Waals surface area contributed by atoms with Crippen molar-refractivity contribution in [1.82, 2.24) is 20.3 Å². The van der Waals surface area contributed by atoms with Gasteiger partial charge in [0.05, 0.1) is 33.1 Å². The first-order chi connectivity index (χ1) is 12.7. The first-order valence-electron chi connectivity index (χ1n) is 8.44. The summed E-state index contributed by atoms with van der Waals surface area (Å²) in [6.45, 7) is 4.04. The summed E-state index contributed by atoms with van der Waals surface area (Å²) in [7, 11) is 0. The molecule has 1 aromatic carbocycles. The van der Waals surface area contributed by atoms with E-state index in [0.29, 0.717) is 23.1 Å². The second kappa shape index (κ2) is 7.51. The lowest BCUT2D eigenvalue weighted by atomic mass is 10.1. The van der Waals surface area contributed by atoms with E-state index in [9.17, 15) is 4.39 Å². The van der Waals surface area contributed by atoms with Crippen LogP contribution in [0.25, 0.3) is 11.0 Å². The topological polar surface area (TPSA) is 66.0 Å². The van der Waals surface area contributed by atoms with E-state index >= 15 is 0 Å². The molecule has 0 amide bonds. The molecule has 0 unspecified atom stereocenters. The molecule has 1 saturated heterocycles. The number of fused-ring (bicyclic) bond motifs is 1. The molecule has 0 saturated carbocycles. The summed E-state index contributed by atoms with van der Waals surface area (Å²) in [5.41, 5.74) is 3.71. The Hall–Kier alpha value is -2.32. The fraction of sp³-hybridized carbons (Fsp3) is 0.278. The Bertz CT molecular complexity index is 929. The van der Waals surface area contributed by atoms with Crippen molar-refractivity contribution in [3.05, 3.63) is 52.8 Å². The quantitative estimate of drug-likeness (QED) is 0.681. The van der Waals surface area contributed by atoms with Crippen molar-refractivity contribution in [1.29, 1.82) is 0 Å². The van der Waals surface area contributed by atoms with Crippen LogP contribution in [0, 0.1) is 5.82 Å². The van der Waals surface area contributed by atoms with Crippen molar-refractivity contribution >= 4 is 38.3 Å². The van der Waals surface area contributed by atoms with Gasteiger partial charge >= 0.3 is 0 Å². The molecule has 1 aliphatic heterocycles. The second-order valence-corrected chi connectivity index (χ2v) is 6.95. The number of hydrogen-bond donors (Lipinski definition) is 2. The Morgan fingerprint density at radius 2 is 1.85 bits per heavy atom. The van der Waals surface area contributed by atoms with Crippen molar-refractivity contribution in [2.75, 3.05) is 36.4 Å². The zero-order valence-corrected chi connectivity index (χ0v) is 15.6. The fourth-order valence-corrected chi connectivity index (χ4v) is 3.70. The standard InChI is InChI=1S/C18H18BrFN6/c19-13-10-22-11-17(18(13)26-5-3-21-4-6-26)25-9-12-7-15-16(8-14(12)20)24-2-1-23-15/h1-2,7-8,10-11,21,25H,3-6,9H2. The van der Waals surface area contributed by atoms with Gasteiger partial charge in [-0.25, -0.2) is 4.39 Å². The van der Waals surface area contributed by atoms with Gasteiger partial charge in [0.25, 0.3) is 0 Å². The number of anilines is 2. The molecule has 0 spiro atoms. The Morgan fingerprint density at radius 1 is 1.12 bits per heavy atom. The van der Waals surface area contributed by atoms with Crippen LogP contribution in [0.1, 0.15) is 5.56 Å². The maximum absolute atomic E-state index is 14.4. The van der Waals surface area contributed by atoms with Gasteiger partial charge in [0.1, 0.15) is 5.82 Å². The van der Waals surface area contributed by atoms with E-state index in [-0.39, 0.29) is 5.82 Å². The van der Waals surface area contributed by atoms with Crippen molar-refractivity contribution in [3.63, 3.8) is 0 Å². The molecule has 1 aliphatic rings. The summed E-state index contributed by atoms with van der Waals surface area (Å²) in [6, 6.07) is 3.16. The summed E-state index contributed by atoms with van der Waals surface area (Å²) in [5.74, 6) is -0.294.